The second kappa shape index (κ2) is 10.1. The maximum Gasteiger partial charge on any atom is 0.118 e. The van der Waals surface area contributed by atoms with Crippen LogP contribution in [0.1, 0.15) is 25.0 Å². The van der Waals surface area contributed by atoms with Crippen molar-refractivity contribution >= 4 is 0 Å². The lowest BCUT2D eigenvalue weighted by molar-refractivity contribution is 0.415. The normalized spacial score (nSPS) is 12.9. The molecule has 1 N–H and O–H groups in total. The lowest BCUT2D eigenvalue weighted by Crippen LogP contribution is -2.15. The summed E-state index contributed by atoms with van der Waals surface area (Å²) in [5.74, 6) is 1.15. The van der Waals surface area contributed by atoms with Crippen molar-refractivity contribution in [2.45, 2.75) is 19.3 Å². The number of hydrogen-bond donors (Lipinski definition) is 1. The Morgan fingerprint density at radius 3 is 1.12 bits per heavy atom. The number of aromatic hydroxyl groups is 1. The predicted octanol–water partition coefficient (Wildman–Crippen LogP) is 10.4. The van der Waals surface area contributed by atoms with E-state index >= 15 is 0 Å². The summed E-state index contributed by atoms with van der Waals surface area (Å²) in [5.41, 5.74) is 14.8. The molecule has 42 heavy (non-hydrogen) atoms. The van der Waals surface area contributed by atoms with E-state index in [9.17, 15) is 5.11 Å². The van der Waals surface area contributed by atoms with E-state index in [0.29, 0.717) is 0 Å². The van der Waals surface area contributed by atoms with E-state index in [4.69, 9.17) is 4.74 Å². The average molecular weight is 545 g/mol. The van der Waals surface area contributed by atoms with Crippen LogP contribution in [0, 0.1) is 0 Å². The lowest BCUT2D eigenvalue weighted by Gasteiger charge is -2.22. The zero-order valence-corrected chi connectivity index (χ0v) is 24.1. The second-order valence-electron chi connectivity index (χ2n) is 11.6. The van der Waals surface area contributed by atoms with E-state index in [1.807, 2.05) is 24.3 Å². The molecular formula is C40H32O2. The highest BCUT2D eigenvalue weighted by molar-refractivity contribution is 5.86. The smallest absolute Gasteiger partial charge is 0.118 e. The van der Waals surface area contributed by atoms with Crippen LogP contribution in [0.15, 0.2) is 133 Å². The molecule has 6 aromatic rings. The van der Waals surface area contributed by atoms with Crippen molar-refractivity contribution in [2.75, 3.05) is 7.11 Å². The molecule has 0 heterocycles. The van der Waals surface area contributed by atoms with Crippen LogP contribution in [0.5, 0.6) is 11.5 Å². The quantitative estimate of drug-likeness (QED) is 0.234. The van der Waals surface area contributed by atoms with Crippen molar-refractivity contribution < 1.29 is 9.84 Å². The molecule has 0 atom stereocenters. The van der Waals surface area contributed by atoms with Crippen LogP contribution in [0.4, 0.5) is 0 Å². The fraction of sp³-hybridized carbons (Fsp3) is 0.100. The summed E-state index contributed by atoms with van der Waals surface area (Å²) in [6.07, 6.45) is 0. The van der Waals surface area contributed by atoms with Crippen molar-refractivity contribution in [3.8, 4) is 67.1 Å². The number of phenols is 1. The summed E-state index contributed by atoms with van der Waals surface area (Å²) >= 11 is 0. The molecule has 0 aromatic heterocycles. The van der Waals surface area contributed by atoms with Crippen LogP contribution < -0.4 is 4.74 Å². The van der Waals surface area contributed by atoms with Crippen LogP contribution in [0.3, 0.4) is 0 Å². The number of fused-ring (bicyclic) bond motifs is 3. The van der Waals surface area contributed by atoms with Gasteiger partial charge >= 0.3 is 0 Å². The van der Waals surface area contributed by atoms with Gasteiger partial charge in [0.25, 0.3) is 0 Å². The van der Waals surface area contributed by atoms with Gasteiger partial charge in [0.2, 0.25) is 0 Å². The van der Waals surface area contributed by atoms with Crippen molar-refractivity contribution in [3.05, 3.63) is 145 Å². The first-order valence-corrected chi connectivity index (χ1v) is 14.3. The predicted molar refractivity (Wildman–Crippen MR) is 174 cm³/mol. The standard InChI is InChI=1S/C40H32O2/c1-40(2)38-24-32(30-8-4-26(5-9-30)28-12-18-34(41)19-13-28)16-22-36(38)37-23-17-33(25-39(37)40)31-10-6-27(7-11-31)29-14-20-35(42-3)21-15-29/h4-25,41H,1-3H3. The average Bonchev–Trinajstić information content (AvgIpc) is 3.27. The molecule has 1 aliphatic carbocycles. The third-order valence-electron chi connectivity index (χ3n) is 8.74. The van der Waals surface area contributed by atoms with Crippen LogP contribution in [0.25, 0.3) is 55.6 Å². The molecular weight excluding hydrogens is 512 g/mol. The van der Waals surface area contributed by atoms with E-state index in [0.717, 1.165) is 16.9 Å². The Morgan fingerprint density at radius 2 is 0.738 bits per heavy atom. The van der Waals surface area contributed by atoms with Gasteiger partial charge < -0.3 is 9.84 Å². The van der Waals surface area contributed by atoms with E-state index in [-0.39, 0.29) is 11.2 Å². The zero-order chi connectivity index (χ0) is 28.8. The number of benzene rings is 6. The third-order valence-corrected chi connectivity index (χ3v) is 8.74. The highest BCUT2D eigenvalue weighted by atomic mass is 16.5. The Morgan fingerprint density at radius 1 is 0.429 bits per heavy atom. The van der Waals surface area contributed by atoms with Gasteiger partial charge in [0.1, 0.15) is 11.5 Å². The third kappa shape index (κ3) is 4.46. The van der Waals surface area contributed by atoms with Crippen molar-refractivity contribution in [2.24, 2.45) is 0 Å². The molecule has 0 aliphatic heterocycles. The van der Waals surface area contributed by atoms with Gasteiger partial charge in [-0.1, -0.05) is 111 Å². The molecule has 204 valence electrons. The molecule has 7 rings (SSSR count). The lowest BCUT2D eigenvalue weighted by atomic mass is 9.80. The van der Waals surface area contributed by atoms with Crippen molar-refractivity contribution in [1.29, 1.82) is 0 Å². The van der Waals surface area contributed by atoms with Gasteiger partial charge in [-0.05, 0) is 103 Å². The first-order valence-electron chi connectivity index (χ1n) is 14.3. The monoisotopic (exact) mass is 544 g/mol. The molecule has 0 saturated heterocycles. The van der Waals surface area contributed by atoms with Gasteiger partial charge in [0.05, 0.1) is 7.11 Å². The van der Waals surface area contributed by atoms with Crippen LogP contribution in [-0.4, -0.2) is 12.2 Å². The Bertz CT molecular complexity index is 1890. The Hall–Kier alpha value is -5.08. The number of rotatable bonds is 5. The van der Waals surface area contributed by atoms with Gasteiger partial charge in [-0.2, -0.15) is 0 Å². The number of methoxy groups -OCH3 is 1. The molecule has 0 bridgehead atoms. The second-order valence-corrected chi connectivity index (χ2v) is 11.6. The Labute approximate surface area is 247 Å². The van der Waals surface area contributed by atoms with Crippen molar-refractivity contribution in [1.82, 2.24) is 0 Å². The van der Waals surface area contributed by atoms with Crippen LogP contribution >= 0.6 is 0 Å². The first-order chi connectivity index (χ1) is 20.4. The molecule has 0 unspecified atom stereocenters. The first kappa shape index (κ1) is 25.9. The van der Waals surface area contributed by atoms with Crippen LogP contribution in [-0.2, 0) is 5.41 Å². The minimum atomic E-state index is -0.105. The van der Waals surface area contributed by atoms with Gasteiger partial charge in [-0.25, -0.2) is 0 Å². The summed E-state index contributed by atoms with van der Waals surface area (Å²) < 4.78 is 5.30. The molecule has 0 radical (unpaired) electrons. The highest BCUT2D eigenvalue weighted by Crippen LogP contribution is 2.50. The van der Waals surface area contributed by atoms with Crippen molar-refractivity contribution in [3.63, 3.8) is 0 Å². The van der Waals surface area contributed by atoms with Gasteiger partial charge in [0.15, 0.2) is 0 Å². The molecule has 0 saturated carbocycles. The molecule has 0 spiro atoms. The molecule has 1 aliphatic rings. The fourth-order valence-electron chi connectivity index (χ4n) is 6.24. The summed E-state index contributed by atoms with van der Waals surface area (Å²) in [7, 11) is 1.69. The molecule has 2 heteroatoms. The summed E-state index contributed by atoms with van der Waals surface area (Å²) in [6.45, 7) is 4.68. The SMILES string of the molecule is COc1ccc(-c2ccc(-c3ccc4c(c3)C(C)(C)c3cc(-c5ccc(-c6ccc(O)cc6)cc5)ccc3-4)cc2)cc1. The molecule has 6 aromatic carbocycles. The highest BCUT2D eigenvalue weighted by Gasteiger charge is 2.35. The summed E-state index contributed by atoms with van der Waals surface area (Å²) in [6, 6.07) is 46.9. The molecule has 2 nitrogen and oxygen atoms in total. The van der Waals surface area contributed by atoms with Gasteiger partial charge in [-0.15, -0.1) is 0 Å². The Balaban J connectivity index is 1.17. The fourth-order valence-corrected chi connectivity index (χ4v) is 6.24. The van der Waals surface area contributed by atoms with E-state index < -0.39 is 0 Å². The maximum absolute atomic E-state index is 9.61. The van der Waals surface area contributed by atoms with Gasteiger partial charge in [0, 0.05) is 5.41 Å². The number of phenolic OH excluding ortho intramolecular Hbond substituents is 1. The van der Waals surface area contributed by atoms with Crippen LogP contribution in [0.2, 0.25) is 0 Å². The topological polar surface area (TPSA) is 29.5 Å². The van der Waals surface area contributed by atoms with E-state index in [1.165, 1.54) is 55.6 Å². The number of ether oxygens (including phenoxy) is 1. The molecule has 0 amide bonds. The van der Waals surface area contributed by atoms with E-state index in [1.54, 1.807) is 19.2 Å². The Kier molecular flexibility index (Phi) is 6.21. The minimum absolute atomic E-state index is 0.105. The summed E-state index contributed by atoms with van der Waals surface area (Å²) in [5, 5.41) is 9.61. The van der Waals surface area contributed by atoms with E-state index in [2.05, 4.69) is 111 Å². The summed E-state index contributed by atoms with van der Waals surface area (Å²) in [4.78, 5) is 0. The number of hydrogen-bond acceptors (Lipinski definition) is 2. The minimum Gasteiger partial charge on any atom is -0.508 e. The zero-order valence-electron chi connectivity index (χ0n) is 24.1. The molecule has 0 fully saturated rings. The largest absolute Gasteiger partial charge is 0.508 e. The maximum atomic E-state index is 9.61. The van der Waals surface area contributed by atoms with Gasteiger partial charge in [-0.3, -0.25) is 0 Å².